The van der Waals surface area contributed by atoms with Gasteiger partial charge in [-0.15, -0.1) is 0 Å². The molecule has 1 N–H and O–H groups in total. The zero-order valence-corrected chi connectivity index (χ0v) is 19.7. The summed E-state index contributed by atoms with van der Waals surface area (Å²) < 4.78 is 39.0. The molecule has 1 aliphatic rings. The van der Waals surface area contributed by atoms with Gasteiger partial charge in [-0.2, -0.15) is 0 Å². The second-order valence-corrected chi connectivity index (χ2v) is 8.62. The SMILES string of the molecule is O=C(Nc1ccc(OCCN2CCOCC2)c2ccccc12)c1cccc(-c2ccc(F)cc2F)c1. The molecule has 0 spiro atoms. The fourth-order valence-corrected chi connectivity index (χ4v) is 4.36. The van der Waals surface area contributed by atoms with E-state index in [1.54, 1.807) is 24.3 Å². The number of hydrogen-bond donors (Lipinski definition) is 1. The third-order valence-electron chi connectivity index (χ3n) is 6.27. The second kappa shape index (κ2) is 10.8. The zero-order chi connectivity index (χ0) is 24.9. The molecule has 0 bridgehead atoms. The van der Waals surface area contributed by atoms with Crippen LogP contribution in [-0.4, -0.2) is 50.3 Å². The van der Waals surface area contributed by atoms with Crippen LogP contribution in [0.15, 0.2) is 78.9 Å². The van der Waals surface area contributed by atoms with Crippen molar-refractivity contribution in [1.82, 2.24) is 4.90 Å². The summed E-state index contributed by atoms with van der Waals surface area (Å²) in [6.07, 6.45) is 0. The lowest BCUT2D eigenvalue weighted by Crippen LogP contribution is -2.38. The number of anilines is 1. The molecule has 4 aromatic carbocycles. The minimum atomic E-state index is -0.678. The maximum Gasteiger partial charge on any atom is 0.255 e. The summed E-state index contributed by atoms with van der Waals surface area (Å²) in [4.78, 5) is 15.4. The van der Waals surface area contributed by atoms with Gasteiger partial charge in [0.2, 0.25) is 0 Å². The van der Waals surface area contributed by atoms with E-state index in [1.165, 1.54) is 12.1 Å². The van der Waals surface area contributed by atoms with Crippen LogP contribution in [-0.2, 0) is 4.74 Å². The second-order valence-electron chi connectivity index (χ2n) is 8.62. The van der Waals surface area contributed by atoms with Gasteiger partial charge in [0.25, 0.3) is 5.91 Å². The fourth-order valence-electron chi connectivity index (χ4n) is 4.36. The monoisotopic (exact) mass is 488 g/mol. The topological polar surface area (TPSA) is 50.8 Å². The van der Waals surface area contributed by atoms with Crippen LogP contribution in [0.4, 0.5) is 14.5 Å². The highest BCUT2D eigenvalue weighted by molar-refractivity contribution is 6.10. The van der Waals surface area contributed by atoms with Crippen LogP contribution in [0.3, 0.4) is 0 Å². The summed E-state index contributed by atoms with van der Waals surface area (Å²) in [5.41, 5.74) is 1.74. The Labute approximate surface area is 208 Å². The van der Waals surface area contributed by atoms with Gasteiger partial charge in [-0.25, -0.2) is 8.78 Å². The van der Waals surface area contributed by atoms with E-state index in [2.05, 4.69) is 10.2 Å². The van der Waals surface area contributed by atoms with Crippen molar-refractivity contribution in [3.05, 3.63) is 96.1 Å². The maximum atomic E-state index is 14.3. The van der Waals surface area contributed by atoms with Gasteiger partial charge in [0, 0.05) is 53.3 Å². The summed E-state index contributed by atoms with van der Waals surface area (Å²) in [7, 11) is 0. The molecule has 184 valence electrons. The number of ether oxygens (including phenoxy) is 2. The molecule has 5 rings (SSSR count). The Hall–Kier alpha value is -3.81. The van der Waals surface area contributed by atoms with Crippen molar-refractivity contribution in [3.8, 4) is 16.9 Å². The Bertz CT molecular complexity index is 1390. The minimum absolute atomic E-state index is 0.232. The number of morpholine rings is 1. The van der Waals surface area contributed by atoms with E-state index in [-0.39, 0.29) is 11.5 Å². The summed E-state index contributed by atoms with van der Waals surface area (Å²) >= 11 is 0. The highest BCUT2D eigenvalue weighted by atomic mass is 19.1. The number of amides is 1. The minimum Gasteiger partial charge on any atom is -0.492 e. The molecule has 0 aromatic heterocycles. The lowest BCUT2D eigenvalue weighted by atomic mass is 10.0. The number of fused-ring (bicyclic) bond motifs is 1. The normalized spacial score (nSPS) is 14.1. The first-order valence-corrected chi connectivity index (χ1v) is 11.9. The average Bonchev–Trinajstić information content (AvgIpc) is 2.90. The third kappa shape index (κ3) is 5.37. The number of nitrogens with one attached hydrogen (secondary N) is 1. The molecule has 1 heterocycles. The summed E-state index contributed by atoms with van der Waals surface area (Å²) in [6, 6.07) is 21.4. The van der Waals surface area contributed by atoms with Crippen LogP contribution in [0.5, 0.6) is 5.75 Å². The Morgan fingerprint density at radius 2 is 1.72 bits per heavy atom. The molecule has 4 aromatic rings. The van der Waals surface area contributed by atoms with Gasteiger partial charge >= 0.3 is 0 Å². The Morgan fingerprint density at radius 1 is 0.917 bits per heavy atom. The summed E-state index contributed by atoms with van der Waals surface area (Å²) in [5.74, 6) is -0.899. The Kier molecular flexibility index (Phi) is 7.21. The van der Waals surface area contributed by atoms with E-state index in [1.807, 2.05) is 36.4 Å². The lowest BCUT2D eigenvalue weighted by molar-refractivity contribution is 0.0323. The van der Waals surface area contributed by atoms with Gasteiger partial charge in [0.15, 0.2) is 0 Å². The smallest absolute Gasteiger partial charge is 0.255 e. The number of hydrogen-bond acceptors (Lipinski definition) is 4. The number of rotatable bonds is 7. The van der Waals surface area contributed by atoms with Crippen LogP contribution in [0.25, 0.3) is 21.9 Å². The molecule has 1 aliphatic heterocycles. The van der Waals surface area contributed by atoms with Crippen LogP contribution >= 0.6 is 0 Å². The fraction of sp³-hybridized carbons (Fsp3) is 0.207. The molecule has 1 saturated heterocycles. The quantitative estimate of drug-likeness (QED) is 0.360. The van der Waals surface area contributed by atoms with Crippen LogP contribution < -0.4 is 10.1 Å². The van der Waals surface area contributed by atoms with Crippen molar-refractivity contribution in [2.45, 2.75) is 0 Å². The van der Waals surface area contributed by atoms with Crippen LogP contribution in [0.1, 0.15) is 10.4 Å². The van der Waals surface area contributed by atoms with E-state index in [4.69, 9.17) is 9.47 Å². The third-order valence-corrected chi connectivity index (χ3v) is 6.27. The van der Waals surface area contributed by atoms with Crippen LogP contribution in [0, 0.1) is 11.6 Å². The number of nitrogens with zero attached hydrogens (tertiary/aromatic N) is 1. The first kappa shape index (κ1) is 23.9. The standard InChI is InChI=1S/C29H26F2N2O3/c30-22-8-9-23(26(31)19-22)20-4-3-5-21(18-20)29(34)32-27-10-11-28(25-7-2-1-6-24(25)27)36-17-14-33-12-15-35-16-13-33/h1-11,18-19H,12-17H2,(H,32,34). The summed E-state index contributed by atoms with van der Waals surface area (Å²) in [5, 5.41) is 4.73. The number of carbonyl (C=O) groups is 1. The first-order chi connectivity index (χ1) is 17.6. The molecule has 1 fully saturated rings. The zero-order valence-electron chi connectivity index (χ0n) is 19.7. The van der Waals surface area contributed by atoms with Gasteiger partial charge in [-0.1, -0.05) is 36.4 Å². The molecule has 36 heavy (non-hydrogen) atoms. The predicted molar refractivity (Wildman–Crippen MR) is 136 cm³/mol. The molecule has 0 radical (unpaired) electrons. The molecular formula is C29H26F2N2O3. The van der Waals surface area contributed by atoms with Crippen molar-refractivity contribution in [2.75, 3.05) is 44.8 Å². The molecular weight excluding hydrogens is 462 g/mol. The molecule has 0 aliphatic carbocycles. The van der Waals surface area contributed by atoms with E-state index in [0.29, 0.717) is 23.4 Å². The van der Waals surface area contributed by atoms with E-state index in [9.17, 15) is 13.6 Å². The lowest BCUT2D eigenvalue weighted by Gasteiger charge is -2.26. The average molecular weight is 489 g/mol. The highest BCUT2D eigenvalue weighted by Gasteiger charge is 2.14. The molecule has 5 nitrogen and oxygen atoms in total. The van der Waals surface area contributed by atoms with Gasteiger partial charge in [0.1, 0.15) is 24.0 Å². The maximum absolute atomic E-state index is 14.3. The van der Waals surface area contributed by atoms with Crippen molar-refractivity contribution >= 4 is 22.4 Å². The Morgan fingerprint density at radius 3 is 2.53 bits per heavy atom. The van der Waals surface area contributed by atoms with Gasteiger partial charge < -0.3 is 14.8 Å². The van der Waals surface area contributed by atoms with Gasteiger partial charge in [-0.05, 0) is 42.0 Å². The van der Waals surface area contributed by atoms with Crippen LogP contribution in [0.2, 0.25) is 0 Å². The predicted octanol–water partition coefficient (Wildman–Crippen LogP) is 5.75. The Balaban J connectivity index is 1.33. The van der Waals surface area contributed by atoms with E-state index >= 15 is 0 Å². The van der Waals surface area contributed by atoms with Crippen molar-refractivity contribution < 1.29 is 23.0 Å². The van der Waals surface area contributed by atoms with E-state index in [0.717, 1.165) is 55.4 Å². The first-order valence-electron chi connectivity index (χ1n) is 11.9. The molecule has 1 amide bonds. The number of carbonyl (C=O) groups excluding carboxylic acids is 1. The number of benzene rings is 4. The van der Waals surface area contributed by atoms with Crippen molar-refractivity contribution in [2.24, 2.45) is 0 Å². The molecule has 7 heteroatoms. The van der Waals surface area contributed by atoms with Gasteiger partial charge in [0.05, 0.1) is 13.2 Å². The molecule has 0 unspecified atom stereocenters. The largest absolute Gasteiger partial charge is 0.492 e. The van der Waals surface area contributed by atoms with Crippen molar-refractivity contribution in [1.29, 1.82) is 0 Å². The van der Waals surface area contributed by atoms with E-state index < -0.39 is 11.6 Å². The van der Waals surface area contributed by atoms with Gasteiger partial charge in [-0.3, -0.25) is 9.69 Å². The molecule has 0 saturated carbocycles. The number of halogens is 2. The molecule has 0 atom stereocenters. The van der Waals surface area contributed by atoms with Crippen molar-refractivity contribution in [3.63, 3.8) is 0 Å². The highest BCUT2D eigenvalue weighted by Crippen LogP contribution is 2.32. The summed E-state index contributed by atoms with van der Waals surface area (Å²) in [6.45, 7) is 4.69.